The van der Waals surface area contributed by atoms with Gasteiger partial charge in [-0.05, 0) is 161 Å². The van der Waals surface area contributed by atoms with Crippen molar-refractivity contribution in [3.63, 3.8) is 0 Å². The molecule has 0 spiro atoms. The van der Waals surface area contributed by atoms with Crippen LogP contribution in [0.2, 0.25) is 0 Å². The highest BCUT2D eigenvalue weighted by Crippen LogP contribution is 2.54. The Balaban J connectivity index is 1.15. The molecule has 0 radical (unpaired) electrons. The molecule has 4 aliphatic rings. The van der Waals surface area contributed by atoms with Gasteiger partial charge >= 0.3 is 0 Å². The van der Waals surface area contributed by atoms with Crippen LogP contribution in [-0.4, -0.2) is 13.4 Å². The summed E-state index contributed by atoms with van der Waals surface area (Å²) in [5.74, 6) is 4.91. The molecular formula is C74H74B2N2O2. The minimum absolute atomic E-state index is 0.0473. The molecule has 0 amide bonds. The van der Waals surface area contributed by atoms with Crippen molar-refractivity contribution in [1.29, 1.82) is 0 Å². The van der Waals surface area contributed by atoms with Crippen LogP contribution in [0.1, 0.15) is 154 Å². The third-order valence-corrected chi connectivity index (χ3v) is 17.9. The van der Waals surface area contributed by atoms with E-state index in [1.54, 1.807) is 0 Å². The lowest BCUT2D eigenvalue weighted by Gasteiger charge is -2.47. The molecule has 0 saturated heterocycles. The van der Waals surface area contributed by atoms with Crippen LogP contribution in [0.4, 0.5) is 34.1 Å². The molecule has 0 aliphatic carbocycles. The molecule has 4 aliphatic heterocycles. The summed E-state index contributed by atoms with van der Waals surface area (Å²) >= 11 is 0. The maximum absolute atomic E-state index is 7.93. The number of ether oxygens (including phenoxy) is 2. The van der Waals surface area contributed by atoms with Crippen LogP contribution in [0.25, 0.3) is 22.3 Å². The summed E-state index contributed by atoms with van der Waals surface area (Å²) in [4.78, 5) is 5.04. The van der Waals surface area contributed by atoms with Crippen LogP contribution in [0.3, 0.4) is 0 Å². The Kier molecular flexibility index (Phi) is 12.3. The third-order valence-electron chi connectivity index (χ3n) is 17.9. The highest BCUT2D eigenvalue weighted by molar-refractivity contribution is 7.02. The second-order valence-electron chi connectivity index (χ2n) is 26.5. The van der Waals surface area contributed by atoms with E-state index in [1.165, 1.54) is 55.4 Å². The number of hydrogen-bond acceptors (Lipinski definition) is 4. The van der Waals surface area contributed by atoms with E-state index >= 15 is 0 Å². The smallest absolute Gasteiger partial charge is 0.256 e. The summed E-state index contributed by atoms with van der Waals surface area (Å²) in [6.45, 7) is 31.6. The van der Waals surface area contributed by atoms with Crippen LogP contribution in [-0.2, 0) is 10.8 Å². The fourth-order valence-electron chi connectivity index (χ4n) is 13.0. The maximum atomic E-state index is 7.93. The Morgan fingerprint density at radius 3 is 0.988 bits per heavy atom. The molecule has 0 fully saturated rings. The van der Waals surface area contributed by atoms with E-state index in [0.717, 1.165) is 90.1 Å². The molecule has 0 N–H and O–H groups in total. The zero-order valence-corrected chi connectivity index (χ0v) is 49.3. The Hall–Kier alpha value is -7.69. The number of nitrogens with zero attached hydrogens (tertiary/aromatic N) is 2. The van der Waals surface area contributed by atoms with Gasteiger partial charge in [-0.25, -0.2) is 0 Å². The van der Waals surface area contributed by atoms with E-state index in [0.29, 0.717) is 23.7 Å². The van der Waals surface area contributed by atoms with Gasteiger partial charge in [0.2, 0.25) is 0 Å². The summed E-state index contributed by atoms with van der Waals surface area (Å²) in [6.07, 6.45) is 0. The lowest BCUT2D eigenvalue weighted by molar-refractivity contribution is 0.477. The summed E-state index contributed by atoms with van der Waals surface area (Å²) in [5.41, 5.74) is 26.2. The van der Waals surface area contributed by atoms with Crippen molar-refractivity contribution in [2.45, 2.75) is 131 Å². The van der Waals surface area contributed by atoms with Crippen molar-refractivity contribution >= 4 is 80.3 Å². The first kappa shape index (κ1) is 51.7. The minimum atomic E-state index is -0.187. The molecule has 9 aromatic rings. The number of fused-ring (bicyclic) bond motifs is 10. The average Bonchev–Trinajstić information content (AvgIpc) is 2.44. The largest absolute Gasteiger partial charge is 0.456 e. The monoisotopic (exact) mass is 1040 g/mol. The topological polar surface area (TPSA) is 24.9 Å². The van der Waals surface area contributed by atoms with Crippen molar-refractivity contribution in [3.8, 4) is 45.3 Å². The molecule has 4 heterocycles. The van der Waals surface area contributed by atoms with Crippen molar-refractivity contribution in [1.82, 2.24) is 0 Å². The molecule has 13 rings (SSSR count). The Morgan fingerprint density at radius 2 is 0.662 bits per heavy atom. The normalized spacial score (nSPS) is 13.9. The average molecular weight is 1050 g/mol. The fourth-order valence-corrected chi connectivity index (χ4v) is 13.0. The standard InChI is InChI=1S/C74H74B2N2O2/c1-43(2)47-19-31-57(32-20-47)77-63-37-25-51(45(5)6)39-61(63)75-59-35-23-54(50-17-29-56(30-18-50)74(12,13)14)42-66(59)80-72-67(75)69(77)71-68-70(72)78(58-33-21-48(22-34-58)44(3)4)64-38-26-52(46(7)8)40-62(64)76(68)60-36-24-53(41-65(60)79-71)49-15-27-55(28-16-49)73(9,10)11/h15-46H,1-14H3. The van der Waals surface area contributed by atoms with Crippen molar-refractivity contribution in [3.05, 3.63) is 203 Å². The second-order valence-corrected chi connectivity index (χ2v) is 26.5. The minimum Gasteiger partial charge on any atom is -0.456 e. The van der Waals surface area contributed by atoms with Gasteiger partial charge in [-0.3, -0.25) is 0 Å². The first-order valence-corrected chi connectivity index (χ1v) is 29.4. The number of hydrogen-bond donors (Lipinski definition) is 0. The molecule has 0 aromatic heterocycles. The predicted molar refractivity (Wildman–Crippen MR) is 343 cm³/mol. The van der Waals surface area contributed by atoms with E-state index < -0.39 is 0 Å². The predicted octanol–water partition coefficient (Wildman–Crippen LogP) is 16.9. The molecule has 4 nitrogen and oxygen atoms in total. The summed E-state index contributed by atoms with van der Waals surface area (Å²) in [5, 5.41) is 0. The van der Waals surface area contributed by atoms with Crippen molar-refractivity contribution in [2.75, 3.05) is 9.80 Å². The first-order valence-electron chi connectivity index (χ1n) is 29.4. The molecule has 6 heteroatoms. The van der Waals surface area contributed by atoms with Crippen molar-refractivity contribution in [2.24, 2.45) is 0 Å². The summed E-state index contributed by atoms with van der Waals surface area (Å²) in [6, 6.07) is 65.2. The van der Waals surface area contributed by atoms with E-state index in [9.17, 15) is 0 Å². The van der Waals surface area contributed by atoms with Crippen LogP contribution in [0.15, 0.2) is 170 Å². The number of benzene rings is 9. The molecule has 0 saturated carbocycles. The Morgan fingerprint density at radius 1 is 0.338 bits per heavy atom. The van der Waals surface area contributed by atoms with Gasteiger partial charge in [0.05, 0.1) is 11.4 Å². The van der Waals surface area contributed by atoms with E-state index in [2.05, 4.69) is 277 Å². The van der Waals surface area contributed by atoms with E-state index in [1.807, 2.05) is 0 Å². The molecule has 0 unspecified atom stereocenters. The molecular weight excluding hydrogens is 970 g/mol. The Labute approximate surface area is 477 Å². The summed E-state index contributed by atoms with van der Waals surface area (Å²) < 4.78 is 15.9. The lowest BCUT2D eigenvalue weighted by atomic mass is 9.31. The first-order chi connectivity index (χ1) is 38.2. The van der Waals surface area contributed by atoms with Crippen LogP contribution < -0.4 is 52.1 Å². The van der Waals surface area contributed by atoms with Crippen LogP contribution >= 0.6 is 0 Å². The van der Waals surface area contributed by atoms with E-state index in [4.69, 9.17) is 9.47 Å². The van der Waals surface area contributed by atoms with Gasteiger partial charge < -0.3 is 19.3 Å². The van der Waals surface area contributed by atoms with Gasteiger partial charge in [0, 0.05) is 33.7 Å². The van der Waals surface area contributed by atoms with Gasteiger partial charge in [-0.2, -0.15) is 0 Å². The molecule has 9 aromatic carbocycles. The summed E-state index contributed by atoms with van der Waals surface area (Å²) in [7, 11) is 0. The molecule has 398 valence electrons. The lowest BCUT2D eigenvalue weighted by Crippen LogP contribution is -2.64. The highest BCUT2D eigenvalue weighted by Gasteiger charge is 2.52. The van der Waals surface area contributed by atoms with Crippen LogP contribution in [0.5, 0.6) is 23.0 Å². The zero-order chi connectivity index (χ0) is 55.8. The SMILES string of the molecule is CC(C)c1ccc(N2c3ccc(C(C)C)cc3B3c4ccc(-c5ccc(C(C)(C)C)cc5)cc4Oc4c3c2c2c3c4N(c4ccc(C(C)C)cc4)c4ccc(C(C)C)cc4B3c3ccc(-c4ccc(C(C)(C)C)cc4)cc3O2)cc1. The van der Waals surface area contributed by atoms with Gasteiger partial charge in [-0.1, -0.05) is 218 Å². The molecule has 0 atom stereocenters. The van der Waals surface area contributed by atoms with Gasteiger partial charge in [0.1, 0.15) is 23.0 Å². The zero-order valence-electron chi connectivity index (χ0n) is 49.3. The number of anilines is 6. The van der Waals surface area contributed by atoms with Gasteiger partial charge in [-0.15, -0.1) is 0 Å². The molecule has 80 heavy (non-hydrogen) atoms. The van der Waals surface area contributed by atoms with Gasteiger partial charge in [0.25, 0.3) is 13.4 Å². The maximum Gasteiger partial charge on any atom is 0.256 e. The Bertz CT molecular complexity index is 3660. The van der Waals surface area contributed by atoms with E-state index in [-0.39, 0.29) is 24.3 Å². The highest BCUT2D eigenvalue weighted by atomic mass is 16.5. The number of rotatable bonds is 8. The van der Waals surface area contributed by atoms with Crippen molar-refractivity contribution < 1.29 is 9.47 Å². The second kappa shape index (κ2) is 19.0. The third kappa shape index (κ3) is 8.42. The quantitative estimate of drug-likeness (QED) is 0.142. The fraction of sp³-hybridized carbons (Fsp3) is 0.270. The van der Waals surface area contributed by atoms with Gasteiger partial charge in [0.15, 0.2) is 0 Å². The van der Waals surface area contributed by atoms with Crippen LogP contribution in [0, 0.1) is 0 Å². The molecule has 0 bridgehead atoms.